The van der Waals surface area contributed by atoms with Crippen LogP contribution in [-0.4, -0.2) is 28.7 Å². The fraction of sp³-hybridized carbons (Fsp3) is 0.348. The maximum atomic E-state index is 14.3. The molecule has 0 bridgehead atoms. The normalized spacial score (nSPS) is 18.5. The molecule has 0 fully saturated rings. The summed E-state index contributed by atoms with van der Waals surface area (Å²) >= 11 is 8.73. The van der Waals surface area contributed by atoms with Gasteiger partial charge in [-0.25, -0.2) is 0 Å². The molecule has 1 unspecified atom stereocenters. The van der Waals surface area contributed by atoms with E-state index >= 15 is 0 Å². The van der Waals surface area contributed by atoms with E-state index in [0.717, 1.165) is 6.07 Å². The van der Waals surface area contributed by atoms with Crippen LogP contribution in [0.1, 0.15) is 29.2 Å². The topological polar surface area (TPSA) is 50.4 Å². The number of alkyl halides is 9. The van der Waals surface area contributed by atoms with Gasteiger partial charge in [0.25, 0.3) is 5.91 Å². The first-order chi connectivity index (χ1) is 17.8. The molecule has 1 heterocycles. The number of anilines is 1. The van der Waals surface area contributed by atoms with Crippen LogP contribution in [0.5, 0.6) is 0 Å². The quantitative estimate of drug-likeness (QED) is 0.251. The Balaban J connectivity index is 2.09. The Morgan fingerprint density at radius 2 is 1.46 bits per heavy atom. The minimum absolute atomic E-state index is 0.0513. The molecule has 1 aliphatic heterocycles. The molecule has 16 heteroatoms. The van der Waals surface area contributed by atoms with Crippen molar-refractivity contribution in [3.63, 3.8) is 0 Å². The number of carbonyl (C=O) groups excluding carboxylic acids is 1. The third kappa shape index (κ3) is 6.25. The molecule has 0 radical (unpaired) electrons. The Labute approximate surface area is 229 Å². The van der Waals surface area contributed by atoms with Crippen molar-refractivity contribution >= 4 is 52.4 Å². The highest BCUT2D eigenvalue weighted by Crippen LogP contribution is 2.50. The third-order valence-corrected chi connectivity index (χ3v) is 9.07. The number of nitrogens with one attached hydrogen (secondary N) is 2. The third-order valence-electron chi connectivity index (χ3n) is 5.83. The van der Waals surface area contributed by atoms with Crippen LogP contribution < -0.4 is 10.8 Å². The summed E-state index contributed by atoms with van der Waals surface area (Å²) in [5, 5.41) is 2.50. The van der Waals surface area contributed by atoms with Gasteiger partial charge >= 0.3 is 18.5 Å². The van der Waals surface area contributed by atoms with Crippen molar-refractivity contribution in [2.45, 2.75) is 35.1 Å². The molecule has 2 aromatic carbocycles. The van der Waals surface area contributed by atoms with Crippen LogP contribution in [0.15, 0.2) is 42.5 Å². The molecule has 2 aromatic rings. The van der Waals surface area contributed by atoms with Crippen molar-refractivity contribution < 1.29 is 49.1 Å². The first-order valence-electron chi connectivity index (χ1n) is 10.5. The highest BCUT2D eigenvalue weighted by molar-refractivity contribution is 8.18. The molecule has 0 spiro atoms. The van der Waals surface area contributed by atoms with E-state index in [1.165, 1.54) is 35.7 Å². The van der Waals surface area contributed by atoms with Crippen LogP contribution in [-0.2, 0) is 27.6 Å². The van der Waals surface area contributed by atoms with E-state index in [0.29, 0.717) is 6.08 Å². The highest BCUT2D eigenvalue weighted by atomic mass is 35.5. The number of hydroxylamine groups is 1. The van der Waals surface area contributed by atoms with Gasteiger partial charge in [0.05, 0.1) is 27.5 Å². The zero-order valence-corrected chi connectivity index (χ0v) is 22.3. The predicted octanol–water partition coefficient (Wildman–Crippen LogP) is 8.09. The van der Waals surface area contributed by atoms with Crippen molar-refractivity contribution in [1.29, 1.82) is 0 Å². The Hall–Kier alpha value is -2.23. The van der Waals surface area contributed by atoms with Crippen molar-refractivity contribution in [2.24, 2.45) is 0 Å². The Morgan fingerprint density at radius 3 is 1.90 bits per heavy atom. The van der Waals surface area contributed by atoms with Gasteiger partial charge in [-0.15, -0.1) is 23.5 Å². The molecule has 1 atom stereocenters. The molecule has 3 rings (SSSR count). The monoisotopic (exact) mass is 624 g/mol. The molecule has 39 heavy (non-hydrogen) atoms. The molecule has 0 aliphatic carbocycles. The Morgan fingerprint density at radius 1 is 0.923 bits per heavy atom. The summed E-state index contributed by atoms with van der Waals surface area (Å²) in [5.41, 5.74) is -7.45. The van der Waals surface area contributed by atoms with Crippen LogP contribution in [0.2, 0.25) is 5.02 Å². The molecule has 0 saturated heterocycles. The van der Waals surface area contributed by atoms with Crippen LogP contribution in [0.25, 0.3) is 5.70 Å². The second-order valence-corrected chi connectivity index (χ2v) is 11.4. The first kappa shape index (κ1) is 31.3. The lowest BCUT2D eigenvalue weighted by molar-refractivity contribution is -0.269. The summed E-state index contributed by atoms with van der Waals surface area (Å²) in [6, 6.07) is 3.27. The smallest absolute Gasteiger partial charge is 0.323 e. The van der Waals surface area contributed by atoms with Crippen LogP contribution >= 0.6 is 35.1 Å². The van der Waals surface area contributed by atoms with Gasteiger partial charge in [-0.3, -0.25) is 15.1 Å². The SMILES string of the molecule is CSC(C)(SC)C(=O)Nc1ccc(C2=CC(c3cc(C(F)(F)F)cc(C(F)(F)F)c3)(C(F)(F)F)ON2)cc1Cl. The average molecular weight is 625 g/mol. The van der Waals surface area contributed by atoms with E-state index in [-0.39, 0.29) is 34.5 Å². The van der Waals surface area contributed by atoms with Gasteiger partial charge in [0, 0.05) is 11.1 Å². The van der Waals surface area contributed by atoms with Gasteiger partial charge in [-0.05, 0) is 55.8 Å². The molecule has 0 aromatic heterocycles. The predicted molar refractivity (Wildman–Crippen MR) is 132 cm³/mol. The second kappa shape index (κ2) is 10.6. The summed E-state index contributed by atoms with van der Waals surface area (Å²) < 4.78 is 122. The van der Waals surface area contributed by atoms with Crippen LogP contribution in [0.4, 0.5) is 45.2 Å². The van der Waals surface area contributed by atoms with E-state index < -0.39 is 56.5 Å². The largest absolute Gasteiger partial charge is 0.428 e. The van der Waals surface area contributed by atoms with Gasteiger partial charge in [0.2, 0.25) is 5.60 Å². The van der Waals surface area contributed by atoms with Gasteiger partial charge in [-0.1, -0.05) is 17.7 Å². The standard InChI is InChI=1S/C23H18ClF9N2O2S2/c1-19(38-2,39-3)18(36)34-16-5-4-11(6-15(16)24)17-10-20(37-35-17,23(31,32)33)12-7-13(21(25,26)27)9-14(8-12)22(28,29)30/h4-10,35H,1-3H3,(H,34,36). The number of hydrogen-bond donors (Lipinski definition) is 2. The number of amides is 1. The van der Waals surface area contributed by atoms with Gasteiger partial charge in [0.1, 0.15) is 4.08 Å². The van der Waals surface area contributed by atoms with Crippen LogP contribution in [0, 0.1) is 0 Å². The van der Waals surface area contributed by atoms with E-state index in [4.69, 9.17) is 11.6 Å². The van der Waals surface area contributed by atoms with Crippen molar-refractivity contribution in [3.8, 4) is 0 Å². The molecule has 2 N–H and O–H groups in total. The number of hydrogen-bond acceptors (Lipinski definition) is 5. The number of rotatable bonds is 6. The number of halogens is 10. The summed E-state index contributed by atoms with van der Waals surface area (Å²) in [5.74, 6) is -0.417. The lowest BCUT2D eigenvalue weighted by Crippen LogP contribution is -2.43. The number of benzene rings is 2. The average Bonchev–Trinajstić information content (AvgIpc) is 3.30. The Bertz CT molecular complexity index is 1260. The number of thioether (sulfide) groups is 2. The zero-order valence-electron chi connectivity index (χ0n) is 20.0. The molecule has 1 amide bonds. The Kier molecular flexibility index (Phi) is 8.53. The van der Waals surface area contributed by atoms with E-state index in [9.17, 15) is 44.3 Å². The first-order valence-corrected chi connectivity index (χ1v) is 13.4. The zero-order chi connectivity index (χ0) is 29.6. The lowest BCUT2D eigenvalue weighted by Gasteiger charge is -2.29. The van der Waals surface area contributed by atoms with E-state index in [1.807, 2.05) is 5.48 Å². The van der Waals surface area contributed by atoms with Crippen molar-refractivity contribution in [1.82, 2.24) is 5.48 Å². The molecular formula is C23H18ClF9N2O2S2. The number of carbonyl (C=O) groups is 1. The fourth-order valence-electron chi connectivity index (χ4n) is 3.44. The van der Waals surface area contributed by atoms with E-state index in [1.54, 1.807) is 19.4 Å². The summed E-state index contributed by atoms with van der Waals surface area (Å²) in [6.45, 7) is 1.67. The maximum absolute atomic E-state index is 14.3. The second-order valence-electron chi connectivity index (χ2n) is 8.29. The maximum Gasteiger partial charge on any atom is 0.428 e. The fourth-order valence-corrected chi connectivity index (χ4v) is 4.81. The highest BCUT2D eigenvalue weighted by Gasteiger charge is 2.60. The van der Waals surface area contributed by atoms with Crippen molar-refractivity contribution in [3.05, 3.63) is 69.8 Å². The molecule has 0 saturated carbocycles. The molecular weight excluding hydrogens is 607 g/mol. The molecule has 1 aliphatic rings. The summed E-state index contributed by atoms with van der Waals surface area (Å²) in [6.07, 6.45) is -12.5. The minimum Gasteiger partial charge on any atom is -0.323 e. The van der Waals surface area contributed by atoms with Gasteiger partial charge in [0.15, 0.2) is 0 Å². The van der Waals surface area contributed by atoms with Crippen LogP contribution in [0.3, 0.4) is 0 Å². The minimum atomic E-state index is -5.49. The van der Waals surface area contributed by atoms with Gasteiger partial charge in [-0.2, -0.15) is 39.5 Å². The van der Waals surface area contributed by atoms with Gasteiger partial charge < -0.3 is 5.32 Å². The molecule has 4 nitrogen and oxygen atoms in total. The lowest BCUT2D eigenvalue weighted by atomic mass is 9.88. The van der Waals surface area contributed by atoms with E-state index in [2.05, 4.69) is 10.2 Å². The molecule has 214 valence electrons. The summed E-state index contributed by atoms with van der Waals surface area (Å²) in [4.78, 5) is 17.3. The summed E-state index contributed by atoms with van der Waals surface area (Å²) in [7, 11) is 0. The van der Waals surface area contributed by atoms with Crippen molar-refractivity contribution in [2.75, 3.05) is 17.8 Å².